The normalized spacial score (nSPS) is 35.1. The average Bonchev–Trinajstić information content (AvgIpc) is 3.03. The van der Waals surface area contributed by atoms with E-state index in [-0.39, 0.29) is 6.04 Å². The third-order valence-electron chi connectivity index (χ3n) is 8.21. The van der Waals surface area contributed by atoms with Crippen molar-refractivity contribution in [3.05, 3.63) is 59.7 Å². The number of rotatable bonds is 3. The van der Waals surface area contributed by atoms with E-state index in [2.05, 4.69) is 12.1 Å². The van der Waals surface area contributed by atoms with Crippen LogP contribution in [0.3, 0.4) is 0 Å². The van der Waals surface area contributed by atoms with E-state index in [1.165, 1.54) is 44.1 Å². The van der Waals surface area contributed by atoms with Crippen molar-refractivity contribution in [2.45, 2.75) is 68.2 Å². The average molecular weight is 408 g/mol. The molecule has 0 aromatic heterocycles. The molecule has 4 heteroatoms. The van der Waals surface area contributed by atoms with Crippen LogP contribution in [-0.2, 0) is 21.9 Å². The van der Waals surface area contributed by atoms with Gasteiger partial charge >= 0.3 is 0 Å². The van der Waals surface area contributed by atoms with Crippen LogP contribution in [0.2, 0.25) is 0 Å². The predicted molar refractivity (Wildman–Crippen MR) is 116 cm³/mol. The van der Waals surface area contributed by atoms with Crippen LogP contribution in [0, 0.1) is 17.8 Å². The van der Waals surface area contributed by atoms with Crippen molar-refractivity contribution in [1.29, 1.82) is 0 Å². The quantitative estimate of drug-likeness (QED) is 0.693. The number of para-hydroxylation sites is 1. The summed E-state index contributed by atoms with van der Waals surface area (Å²) in [5.74, 6) is 2.69. The monoisotopic (exact) mass is 407 g/mol. The van der Waals surface area contributed by atoms with Crippen LogP contribution in [0.1, 0.15) is 56.6 Å². The van der Waals surface area contributed by atoms with Crippen molar-refractivity contribution in [2.75, 3.05) is 4.31 Å². The smallest absolute Gasteiger partial charge is 0.263 e. The minimum absolute atomic E-state index is 0.0415. The zero-order chi connectivity index (χ0) is 19.8. The molecule has 2 aromatic rings. The van der Waals surface area contributed by atoms with E-state index in [1.807, 2.05) is 43.3 Å². The van der Waals surface area contributed by atoms with E-state index < -0.39 is 10.0 Å². The van der Waals surface area contributed by atoms with Gasteiger partial charge in [0.25, 0.3) is 10.0 Å². The lowest BCUT2D eigenvalue weighted by molar-refractivity contribution is -0.00521. The summed E-state index contributed by atoms with van der Waals surface area (Å²) in [5, 5.41) is 0. The highest BCUT2D eigenvalue weighted by atomic mass is 32.2. The first-order chi connectivity index (χ1) is 13.9. The molecule has 0 amide bonds. The van der Waals surface area contributed by atoms with Gasteiger partial charge in [0.1, 0.15) is 0 Å². The number of anilines is 1. The maximum absolute atomic E-state index is 13.5. The van der Waals surface area contributed by atoms with Gasteiger partial charge in [-0.1, -0.05) is 30.3 Å². The number of nitrogens with zero attached hydrogens (tertiary/aromatic N) is 1. The molecule has 2 aromatic carbocycles. The third kappa shape index (κ3) is 2.64. The fourth-order valence-electron chi connectivity index (χ4n) is 7.46. The minimum atomic E-state index is -3.54. The van der Waals surface area contributed by atoms with E-state index >= 15 is 0 Å². The minimum Gasteiger partial charge on any atom is -0.263 e. The molecule has 4 bridgehead atoms. The molecule has 0 saturated heterocycles. The van der Waals surface area contributed by atoms with E-state index in [0.29, 0.717) is 10.3 Å². The van der Waals surface area contributed by atoms with Gasteiger partial charge in [0.05, 0.1) is 10.6 Å². The Morgan fingerprint density at radius 2 is 1.45 bits per heavy atom. The Morgan fingerprint density at radius 1 is 0.862 bits per heavy atom. The highest BCUT2D eigenvalue weighted by molar-refractivity contribution is 7.92. The first-order valence-corrected chi connectivity index (χ1v) is 12.6. The Hall–Kier alpha value is -1.81. The van der Waals surface area contributed by atoms with Crippen LogP contribution < -0.4 is 4.31 Å². The number of fused-ring (bicyclic) bond motifs is 1. The molecule has 0 unspecified atom stereocenters. The summed E-state index contributed by atoms with van der Waals surface area (Å²) in [7, 11) is -3.54. The van der Waals surface area contributed by atoms with E-state index in [4.69, 9.17) is 0 Å². The molecular formula is C25H29NO2S. The van der Waals surface area contributed by atoms with E-state index in [1.54, 1.807) is 4.31 Å². The Kier molecular flexibility index (Phi) is 3.79. The van der Waals surface area contributed by atoms with Gasteiger partial charge in [0, 0.05) is 6.04 Å². The molecule has 4 saturated carbocycles. The van der Waals surface area contributed by atoms with Gasteiger partial charge in [-0.25, -0.2) is 8.42 Å². The highest BCUT2D eigenvalue weighted by Gasteiger charge is 2.51. The number of hydrogen-bond donors (Lipinski definition) is 0. The molecular weight excluding hydrogens is 378 g/mol. The molecule has 0 spiro atoms. The van der Waals surface area contributed by atoms with Gasteiger partial charge in [-0.05, 0) is 104 Å². The first kappa shape index (κ1) is 18.0. The van der Waals surface area contributed by atoms with Crippen molar-refractivity contribution >= 4 is 15.7 Å². The number of sulfonamides is 1. The van der Waals surface area contributed by atoms with Crippen LogP contribution in [0.4, 0.5) is 5.69 Å². The molecule has 0 radical (unpaired) electrons. The summed E-state index contributed by atoms with van der Waals surface area (Å²) in [4.78, 5) is 0.425. The SMILES string of the molecule is C[C@H]1Cc2ccccc2N1S(=O)(=O)c1ccc(C23CC4CC(CC(C4)C2)C3)cc1. The largest absolute Gasteiger partial charge is 0.264 e. The molecule has 29 heavy (non-hydrogen) atoms. The zero-order valence-corrected chi connectivity index (χ0v) is 17.9. The second kappa shape index (κ2) is 6.10. The molecule has 5 aliphatic rings. The summed E-state index contributed by atoms with van der Waals surface area (Å²) < 4.78 is 28.6. The van der Waals surface area contributed by atoms with Gasteiger partial charge in [0.15, 0.2) is 0 Å². The van der Waals surface area contributed by atoms with Gasteiger partial charge in [-0.3, -0.25) is 4.31 Å². The molecule has 4 aliphatic carbocycles. The second-order valence-electron chi connectivity index (χ2n) is 10.2. The van der Waals surface area contributed by atoms with Crippen molar-refractivity contribution < 1.29 is 8.42 Å². The molecule has 3 nitrogen and oxygen atoms in total. The van der Waals surface area contributed by atoms with Crippen LogP contribution in [0.25, 0.3) is 0 Å². The topological polar surface area (TPSA) is 37.4 Å². The van der Waals surface area contributed by atoms with Gasteiger partial charge in [-0.2, -0.15) is 0 Å². The lowest BCUT2D eigenvalue weighted by atomic mass is 9.48. The maximum Gasteiger partial charge on any atom is 0.264 e. The van der Waals surface area contributed by atoms with Crippen LogP contribution in [0.5, 0.6) is 0 Å². The molecule has 152 valence electrons. The summed E-state index contributed by atoms with van der Waals surface area (Å²) in [5.41, 5.74) is 3.65. The lowest BCUT2D eigenvalue weighted by Gasteiger charge is -2.57. The Balaban J connectivity index is 1.34. The predicted octanol–water partition coefficient (Wildman–Crippen LogP) is 5.29. The molecule has 1 atom stereocenters. The van der Waals surface area contributed by atoms with Crippen molar-refractivity contribution in [3.63, 3.8) is 0 Å². The highest BCUT2D eigenvalue weighted by Crippen LogP contribution is 2.60. The van der Waals surface area contributed by atoms with Gasteiger partial charge in [0.2, 0.25) is 0 Å². The first-order valence-electron chi connectivity index (χ1n) is 11.2. The molecule has 0 N–H and O–H groups in total. The van der Waals surface area contributed by atoms with E-state index in [9.17, 15) is 8.42 Å². The standard InChI is InChI=1S/C25H29NO2S/c1-17-10-21-4-2-3-5-24(21)26(17)29(27,28)23-8-6-22(7-9-23)25-14-18-11-19(15-25)13-20(12-18)16-25/h2-9,17-20H,10-16H2,1H3/t17-,18?,19?,20?,25?/m0/s1. The van der Waals surface area contributed by atoms with Gasteiger partial charge < -0.3 is 0 Å². The van der Waals surface area contributed by atoms with Crippen molar-refractivity contribution in [3.8, 4) is 0 Å². The zero-order valence-electron chi connectivity index (χ0n) is 17.0. The fraction of sp³-hybridized carbons (Fsp3) is 0.520. The maximum atomic E-state index is 13.5. The van der Waals surface area contributed by atoms with Crippen LogP contribution in [0.15, 0.2) is 53.4 Å². The lowest BCUT2D eigenvalue weighted by Crippen LogP contribution is -2.48. The van der Waals surface area contributed by atoms with Gasteiger partial charge in [-0.15, -0.1) is 0 Å². The molecule has 1 aliphatic heterocycles. The molecule has 7 rings (SSSR count). The third-order valence-corrected chi connectivity index (χ3v) is 10.1. The summed E-state index contributed by atoms with van der Waals surface area (Å²) in [6.45, 7) is 2.00. The Morgan fingerprint density at radius 3 is 2.07 bits per heavy atom. The Labute approximate surface area is 174 Å². The van der Waals surface area contributed by atoms with Crippen molar-refractivity contribution in [1.82, 2.24) is 0 Å². The van der Waals surface area contributed by atoms with Crippen LogP contribution in [-0.4, -0.2) is 14.5 Å². The van der Waals surface area contributed by atoms with Crippen LogP contribution >= 0.6 is 0 Å². The number of benzene rings is 2. The molecule has 1 heterocycles. The molecule has 4 fully saturated rings. The summed E-state index contributed by atoms with van der Waals surface area (Å²) in [6.07, 6.45) is 8.99. The number of hydrogen-bond acceptors (Lipinski definition) is 2. The van der Waals surface area contributed by atoms with Crippen molar-refractivity contribution in [2.24, 2.45) is 17.8 Å². The summed E-state index contributed by atoms with van der Waals surface area (Å²) in [6, 6.07) is 15.8. The Bertz CT molecular complexity index is 1020. The summed E-state index contributed by atoms with van der Waals surface area (Å²) >= 11 is 0. The van der Waals surface area contributed by atoms with E-state index in [0.717, 1.165) is 35.4 Å². The fourth-order valence-corrected chi connectivity index (χ4v) is 9.15. The second-order valence-corrected chi connectivity index (χ2v) is 12.0.